The van der Waals surface area contributed by atoms with E-state index in [0.29, 0.717) is 0 Å². The van der Waals surface area contributed by atoms with Crippen molar-refractivity contribution in [1.82, 2.24) is 4.72 Å². The van der Waals surface area contributed by atoms with Gasteiger partial charge in [0.25, 0.3) is 0 Å². The molecule has 0 aliphatic heterocycles. The summed E-state index contributed by atoms with van der Waals surface area (Å²) in [7, 11) is -3.15. The number of sulfonamides is 1. The average molecular weight is 247 g/mol. The van der Waals surface area contributed by atoms with Crippen molar-refractivity contribution in [3.8, 4) is 0 Å². The van der Waals surface area contributed by atoms with E-state index in [2.05, 4.69) is 4.72 Å². The Morgan fingerprint density at radius 2 is 1.75 bits per heavy atom. The van der Waals surface area contributed by atoms with Crippen molar-refractivity contribution in [2.75, 3.05) is 6.61 Å². The van der Waals surface area contributed by atoms with Gasteiger partial charge in [0.2, 0.25) is 10.0 Å². The standard InChI is InChI=1S/C11H21NO3S/c13-8-9-4-3-7-11(9)12-16(14,15)10-5-1-2-6-10/h9-13H,1-8H2. The molecule has 2 aliphatic rings. The zero-order chi connectivity index (χ0) is 11.6. The molecule has 4 nitrogen and oxygen atoms in total. The minimum absolute atomic E-state index is 0.0319. The van der Waals surface area contributed by atoms with E-state index in [1.165, 1.54) is 0 Å². The first kappa shape index (κ1) is 12.3. The second-order valence-corrected chi connectivity index (χ2v) is 7.04. The van der Waals surface area contributed by atoms with Gasteiger partial charge in [0, 0.05) is 12.6 Å². The lowest BCUT2D eigenvalue weighted by Crippen LogP contribution is -2.42. The highest BCUT2D eigenvalue weighted by atomic mass is 32.2. The highest BCUT2D eigenvalue weighted by Gasteiger charge is 2.34. The predicted octanol–water partition coefficient (Wildman–Crippen LogP) is 1.01. The molecule has 0 heterocycles. The van der Waals surface area contributed by atoms with Crippen LogP contribution in [0, 0.1) is 5.92 Å². The number of rotatable bonds is 4. The number of hydrogen-bond acceptors (Lipinski definition) is 3. The van der Waals surface area contributed by atoms with E-state index < -0.39 is 10.0 Å². The summed E-state index contributed by atoms with van der Waals surface area (Å²) >= 11 is 0. The minimum atomic E-state index is -3.15. The summed E-state index contributed by atoms with van der Waals surface area (Å²) in [6, 6.07) is -0.0319. The van der Waals surface area contributed by atoms with Crippen LogP contribution in [0.3, 0.4) is 0 Å². The third kappa shape index (κ3) is 2.57. The monoisotopic (exact) mass is 247 g/mol. The molecule has 0 aromatic heterocycles. The second kappa shape index (κ2) is 5.02. The van der Waals surface area contributed by atoms with E-state index in [1.54, 1.807) is 0 Å². The van der Waals surface area contributed by atoms with Gasteiger partial charge in [-0.1, -0.05) is 19.3 Å². The van der Waals surface area contributed by atoms with Gasteiger partial charge in [0.15, 0.2) is 0 Å². The minimum Gasteiger partial charge on any atom is -0.396 e. The quantitative estimate of drug-likeness (QED) is 0.779. The van der Waals surface area contributed by atoms with Gasteiger partial charge in [-0.2, -0.15) is 0 Å². The van der Waals surface area contributed by atoms with Gasteiger partial charge in [-0.05, 0) is 31.6 Å². The van der Waals surface area contributed by atoms with Crippen molar-refractivity contribution < 1.29 is 13.5 Å². The second-order valence-electron chi connectivity index (χ2n) is 5.05. The molecule has 0 spiro atoms. The van der Waals surface area contributed by atoms with E-state index in [0.717, 1.165) is 44.9 Å². The number of aliphatic hydroxyl groups excluding tert-OH is 1. The molecule has 16 heavy (non-hydrogen) atoms. The van der Waals surface area contributed by atoms with Crippen molar-refractivity contribution in [1.29, 1.82) is 0 Å². The van der Waals surface area contributed by atoms with Gasteiger partial charge >= 0.3 is 0 Å². The molecule has 2 unspecified atom stereocenters. The van der Waals surface area contributed by atoms with Crippen molar-refractivity contribution in [2.24, 2.45) is 5.92 Å². The number of nitrogens with one attached hydrogen (secondary N) is 1. The third-order valence-corrected chi connectivity index (χ3v) is 5.93. The summed E-state index contributed by atoms with van der Waals surface area (Å²) in [5.74, 6) is 0.121. The zero-order valence-corrected chi connectivity index (χ0v) is 10.4. The molecule has 2 atom stereocenters. The SMILES string of the molecule is O=S(=O)(NC1CCCC1CO)C1CCCC1. The number of hydrogen-bond donors (Lipinski definition) is 2. The molecule has 2 saturated carbocycles. The van der Waals surface area contributed by atoms with Gasteiger partial charge in [-0.15, -0.1) is 0 Å². The van der Waals surface area contributed by atoms with Gasteiger partial charge in [0.05, 0.1) is 5.25 Å². The molecule has 2 rings (SSSR count). The Bertz CT molecular complexity index is 322. The van der Waals surface area contributed by atoms with Crippen LogP contribution in [-0.2, 0) is 10.0 Å². The molecular weight excluding hydrogens is 226 g/mol. The molecule has 5 heteroatoms. The molecule has 0 bridgehead atoms. The van der Waals surface area contributed by atoms with Crippen LogP contribution in [0.25, 0.3) is 0 Å². The molecule has 94 valence electrons. The Hall–Kier alpha value is -0.130. The molecule has 0 radical (unpaired) electrons. The van der Waals surface area contributed by atoms with E-state index in [-0.39, 0.29) is 23.8 Å². The van der Waals surface area contributed by atoms with Gasteiger partial charge < -0.3 is 5.11 Å². The van der Waals surface area contributed by atoms with E-state index >= 15 is 0 Å². The molecule has 0 aromatic rings. The van der Waals surface area contributed by atoms with Gasteiger partial charge in [0.1, 0.15) is 0 Å². The van der Waals surface area contributed by atoms with E-state index in [4.69, 9.17) is 5.11 Å². The largest absolute Gasteiger partial charge is 0.396 e. The van der Waals surface area contributed by atoms with E-state index in [1.807, 2.05) is 0 Å². The van der Waals surface area contributed by atoms with Crippen molar-refractivity contribution in [3.05, 3.63) is 0 Å². The van der Waals surface area contributed by atoms with Crippen LogP contribution in [0.5, 0.6) is 0 Å². The smallest absolute Gasteiger partial charge is 0.214 e. The molecule has 0 amide bonds. The average Bonchev–Trinajstić information content (AvgIpc) is 2.86. The highest BCUT2D eigenvalue weighted by molar-refractivity contribution is 7.90. The topological polar surface area (TPSA) is 66.4 Å². The maximum absolute atomic E-state index is 12.1. The fourth-order valence-corrected chi connectivity index (χ4v) is 4.80. The predicted molar refractivity (Wildman–Crippen MR) is 62.5 cm³/mol. The summed E-state index contributed by atoms with van der Waals surface area (Å²) in [4.78, 5) is 0. The summed E-state index contributed by atoms with van der Waals surface area (Å²) in [6.45, 7) is 0.0951. The first-order valence-electron chi connectivity index (χ1n) is 6.25. The van der Waals surface area contributed by atoms with Crippen LogP contribution in [0.15, 0.2) is 0 Å². The van der Waals surface area contributed by atoms with Crippen LogP contribution in [0.4, 0.5) is 0 Å². The normalized spacial score (nSPS) is 32.3. The Kier molecular flexibility index (Phi) is 3.87. The van der Waals surface area contributed by atoms with Gasteiger partial charge in [-0.25, -0.2) is 13.1 Å². The van der Waals surface area contributed by atoms with Gasteiger partial charge in [-0.3, -0.25) is 0 Å². The van der Waals surface area contributed by atoms with Crippen molar-refractivity contribution in [2.45, 2.75) is 56.2 Å². The summed E-state index contributed by atoms with van der Waals surface area (Å²) < 4.78 is 26.9. The Labute approximate surface area is 97.5 Å². The van der Waals surface area contributed by atoms with Crippen LogP contribution >= 0.6 is 0 Å². The first-order valence-corrected chi connectivity index (χ1v) is 7.80. The first-order chi connectivity index (χ1) is 7.63. The molecule has 2 aliphatic carbocycles. The fraction of sp³-hybridized carbons (Fsp3) is 1.00. The van der Waals surface area contributed by atoms with E-state index in [9.17, 15) is 8.42 Å². The maximum Gasteiger partial charge on any atom is 0.214 e. The molecule has 2 N–H and O–H groups in total. The van der Waals surface area contributed by atoms with Crippen LogP contribution in [-0.4, -0.2) is 31.4 Å². The highest BCUT2D eigenvalue weighted by Crippen LogP contribution is 2.29. The fourth-order valence-electron chi connectivity index (χ4n) is 2.92. The molecule has 2 fully saturated rings. The lowest BCUT2D eigenvalue weighted by atomic mass is 10.1. The lowest BCUT2D eigenvalue weighted by Gasteiger charge is -2.21. The summed E-state index contributed by atoms with van der Waals surface area (Å²) in [6.07, 6.45) is 6.48. The lowest BCUT2D eigenvalue weighted by molar-refractivity contribution is 0.213. The molecule has 0 saturated heterocycles. The summed E-state index contributed by atoms with van der Waals surface area (Å²) in [5, 5.41) is 8.98. The Morgan fingerprint density at radius 1 is 1.06 bits per heavy atom. The number of aliphatic hydroxyl groups is 1. The summed E-state index contributed by atoms with van der Waals surface area (Å²) in [5.41, 5.74) is 0. The van der Waals surface area contributed by atoms with Crippen LogP contribution < -0.4 is 4.72 Å². The van der Waals surface area contributed by atoms with Crippen molar-refractivity contribution in [3.63, 3.8) is 0 Å². The van der Waals surface area contributed by atoms with Crippen LogP contribution in [0.2, 0.25) is 0 Å². The zero-order valence-electron chi connectivity index (χ0n) is 9.56. The Balaban J connectivity index is 1.97. The maximum atomic E-state index is 12.1. The molecule has 0 aromatic carbocycles. The van der Waals surface area contributed by atoms with Crippen LogP contribution in [0.1, 0.15) is 44.9 Å². The molecular formula is C11H21NO3S. The van der Waals surface area contributed by atoms with Crippen molar-refractivity contribution >= 4 is 10.0 Å². The Morgan fingerprint density at radius 3 is 2.38 bits per heavy atom. The third-order valence-electron chi connectivity index (χ3n) is 3.95.